The van der Waals surface area contributed by atoms with E-state index in [1.54, 1.807) is 31.4 Å². The predicted molar refractivity (Wildman–Crippen MR) is 163 cm³/mol. The van der Waals surface area contributed by atoms with Crippen molar-refractivity contribution in [2.75, 3.05) is 13.4 Å². The fraction of sp³-hybridized carbons (Fsp3) is 0.438. The van der Waals surface area contributed by atoms with Gasteiger partial charge in [-0.1, -0.05) is 33.8 Å². The summed E-state index contributed by atoms with van der Waals surface area (Å²) in [7, 11) is -2.23. The summed E-state index contributed by atoms with van der Waals surface area (Å²) in [4.78, 5) is 44.7. The third-order valence-electron chi connectivity index (χ3n) is 8.10. The van der Waals surface area contributed by atoms with Gasteiger partial charge in [-0.3, -0.25) is 14.4 Å². The molecule has 0 unspecified atom stereocenters. The Balaban J connectivity index is 0.00000423. The number of benzene rings is 1. The Hall–Kier alpha value is -2.15. The fourth-order valence-electron chi connectivity index (χ4n) is 6.41. The molecule has 1 aromatic carbocycles. The molecule has 0 saturated carbocycles. The quantitative estimate of drug-likeness (QED) is 0.468. The summed E-state index contributed by atoms with van der Waals surface area (Å²) < 4.78 is 37.5. The van der Waals surface area contributed by atoms with Crippen LogP contribution in [0.3, 0.4) is 0 Å². The number of allylic oxidation sites excluding steroid dienone is 4. The molecule has 11 heteroatoms. The maximum atomic E-state index is 13.8. The number of methoxy groups -OCH3 is 1. The molecule has 2 aliphatic carbocycles. The number of hydrogen-bond donors (Lipinski definition) is 1. The topological polar surface area (TPSA) is 129 Å². The Morgan fingerprint density at radius 2 is 1.51 bits per heavy atom. The molecular formula is C32H36KN2O7S. The number of amides is 1. The first-order chi connectivity index (χ1) is 19.5. The first kappa shape index (κ1) is 33.7. The SMILES string of the molecule is COc1ccc(-c2cccc(C(=O)NS(C)(=O)=O)n2)c(C)c1C1C2=C(CC(C)(C)CC2=O)OC2=C1C(=O)CC(C)(C)C2.[K]. The largest absolute Gasteiger partial charge is 0.496 e. The molecule has 0 fully saturated rings. The van der Waals surface area contributed by atoms with Crippen molar-refractivity contribution in [3.05, 3.63) is 69.8 Å². The second kappa shape index (κ2) is 12.0. The van der Waals surface area contributed by atoms with Crippen LogP contribution in [-0.2, 0) is 24.3 Å². The minimum Gasteiger partial charge on any atom is -0.496 e. The minimum atomic E-state index is -3.78. The molecule has 0 spiro atoms. The standard InChI is InChI=1S/C32H36N2O7S.K/c1-17-18(19-9-8-10-20(33-19)30(37)34-42(7,38)39)11-12-23(40-6)26(17)29-27-21(35)13-31(2,3)15-24(27)41-25-16-32(4,5)14-22(36)28(25)29;/h8-12,29H,13-16H2,1-7H3,(H,34,37);. The zero-order valence-corrected chi connectivity index (χ0v) is 29.9. The van der Waals surface area contributed by atoms with Crippen LogP contribution in [0.5, 0.6) is 5.75 Å². The van der Waals surface area contributed by atoms with Crippen molar-refractivity contribution in [3.63, 3.8) is 0 Å². The van der Waals surface area contributed by atoms with Crippen molar-refractivity contribution in [3.8, 4) is 17.0 Å². The summed E-state index contributed by atoms with van der Waals surface area (Å²) in [5.41, 5.74) is 2.83. The number of rotatable bonds is 5. The number of Topliss-reactive ketones (excluding diaryl/α,β-unsaturated/α-hetero) is 2. The Bertz CT molecular complexity index is 1670. The van der Waals surface area contributed by atoms with E-state index in [4.69, 9.17) is 9.47 Å². The number of carbonyl (C=O) groups is 3. The predicted octanol–water partition coefficient (Wildman–Crippen LogP) is 4.77. The first-order valence-corrected chi connectivity index (χ1v) is 15.8. The van der Waals surface area contributed by atoms with E-state index in [1.165, 1.54) is 6.07 Å². The van der Waals surface area contributed by atoms with Gasteiger partial charge in [0, 0.05) is 99.3 Å². The summed E-state index contributed by atoms with van der Waals surface area (Å²) in [6.45, 7) is 10.0. The van der Waals surface area contributed by atoms with Gasteiger partial charge >= 0.3 is 0 Å². The summed E-state index contributed by atoms with van der Waals surface area (Å²) in [6.07, 6.45) is 2.68. The van der Waals surface area contributed by atoms with Crippen molar-refractivity contribution >= 4 is 78.9 Å². The van der Waals surface area contributed by atoms with Gasteiger partial charge in [0.2, 0.25) is 10.0 Å². The fourth-order valence-corrected chi connectivity index (χ4v) is 6.85. The molecule has 0 saturated heterocycles. The van der Waals surface area contributed by atoms with Gasteiger partial charge in [-0.25, -0.2) is 18.1 Å². The van der Waals surface area contributed by atoms with E-state index in [2.05, 4.69) is 4.98 Å². The molecule has 43 heavy (non-hydrogen) atoms. The molecule has 1 aliphatic heterocycles. The molecule has 1 radical (unpaired) electrons. The normalized spacial score (nSPS) is 19.6. The number of hydrogen-bond acceptors (Lipinski definition) is 8. The van der Waals surface area contributed by atoms with E-state index in [0.29, 0.717) is 70.9 Å². The van der Waals surface area contributed by atoms with Crippen LogP contribution >= 0.6 is 0 Å². The van der Waals surface area contributed by atoms with E-state index in [0.717, 1.165) is 11.8 Å². The van der Waals surface area contributed by atoms with Crippen LogP contribution < -0.4 is 9.46 Å². The second-order valence-corrected chi connectivity index (χ2v) is 14.8. The maximum Gasteiger partial charge on any atom is 0.283 e. The zero-order chi connectivity index (χ0) is 30.8. The molecule has 2 heterocycles. The van der Waals surface area contributed by atoms with Gasteiger partial charge in [0.15, 0.2) is 11.6 Å². The zero-order valence-electron chi connectivity index (χ0n) is 26.0. The minimum absolute atomic E-state index is 0. The molecule has 2 aromatic rings. The number of aromatic nitrogens is 1. The van der Waals surface area contributed by atoms with Crippen LogP contribution in [0.25, 0.3) is 11.3 Å². The molecule has 0 bridgehead atoms. The van der Waals surface area contributed by atoms with Gasteiger partial charge in [0.25, 0.3) is 5.91 Å². The average Bonchev–Trinajstić information content (AvgIpc) is 2.84. The van der Waals surface area contributed by atoms with Gasteiger partial charge in [0.1, 0.15) is 23.0 Å². The number of nitrogens with zero attached hydrogens (tertiary/aromatic N) is 1. The number of sulfonamides is 1. The summed E-state index contributed by atoms with van der Waals surface area (Å²) in [6, 6.07) is 8.35. The summed E-state index contributed by atoms with van der Waals surface area (Å²) in [5.74, 6) is 0.0980. The van der Waals surface area contributed by atoms with E-state index in [1.807, 2.05) is 39.3 Å². The van der Waals surface area contributed by atoms with E-state index in [9.17, 15) is 22.8 Å². The van der Waals surface area contributed by atoms with Crippen molar-refractivity contribution in [1.29, 1.82) is 0 Å². The molecule has 9 nitrogen and oxygen atoms in total. The number of nitrogens with one attached hydrogen (secondary N) is 1. The van der Waals surface area contributed by atoms with Gasteiger partial charge in [0.05, 0.1) is 25.0 Å². The molecule has 223 valence electrons. The number of carbonyl (C=O) groups excluding carboxylic acids is 3. The third-order valence-corrected chi connectivity index (χ3v) is 8.66. The van der Waals surface area contributed by atoms with Gasteiger partial charge in [-0.05, 0) is 47.6 Å². The van der Waals surface area contributed by atoms with Crippen LogP contribution in [0.1, 0.15) is 80.9 Å². The maximum absolute atomic E-state index is 13.8. The molecule has 3 aliphatic rings. The smallest absolute Gasteiger partial charge is 0.283 e. The van der Waals surface area contributed by atoms with Crippen LogP contribution in [0.15, 0.2) is 53.0 Å². The molecule has 5 rings (SSSR count). The van der Waals surface area contributed by atoms with E-state index >= 15 is 0 Å². The Kier molecular flexibility index (Phi) is 9.40. The monoisotopic (exact) mass is 631 g/mol. The van der Waals surface area contributed by atoms with Crippen LogP contribution in [-0.4, -0.2) is 95.6 Å². The van der Waals surface area contributed by atoms with Gasteiger partial charge in [-0.2, -0.15) is 0 Å². The van der Waals surface area contributed by atoms with Crippen molar-refractivity contribution < 1.29 is 32.3 Å². The van der Waals surface area contributed by atoms with Gasteiger partial charge in [-0.15, -0.1) is 0 Å². The number of ketones is 2. The summed E-state index contributed by atoms with van der Waals surface area (Å²) in [5, 5.41) is 0. The van der Waals surface area contributed by atoms with E-state index in [-0.39, 0.29) is 79.5 Å². The first-order valence-electron chi connectivity index (χ1n) is 13.9. The Morgan fingerprint density at radius 1 is 0.953 bits per heavy atom. The number of pyridine rings is 1. The molecule has 1 N–H and O–H groups in total. The van der Waals surface area contributed by atoms with Crippen molar-refractivity contribution in [2.45, 2.75) is 66.2 Å². The van der Waals surface area contributed by atoms with Crippen molar-refractivity contribution in [2.24, 2.45) is 10.8 Å². The van der Waals surface area contributed by atoms with E-state index < -0.39 is 21.8 Å². The van der Waals surface area contributed by atoms with Crippen LogP contribution in [0.2, 0.25) is 0 Å². The van der Waals surface area contributed by atoms with Gasteiger partial charge < -0.3 is 9.47 Å². The van der Waals surface area contributed by atoms with Crippen molar-refractivity contribution in [1.82, 2.24) is 9.71 Å². The Morgan fingerprint density at radius 3 is 2.02 bits per heavy atom. The number of ether oxygens (including phenoxy) is 2. The second-order valence-electron chi connectivity index (χ2n) is 13.1. The van der Waals surface area contributed by atoms with Crippen LogP contribution in [0, 0.1) is 17.8 Å². The van der Waals surface area contributed by atoms with Crippen LogP contribution in [0.4, 0.5) is 0 Å². The average molecular weight is 632 g/mol. The molecule has 1 aromatic heterocycles. The molecule has 0 atom stereocenters. The third kappa shape index (κ3) is 6.77. The Labute approximate surface area is 295 Å². The molecule has 1 amide bonds. The summed E-state index contributed by atoms with van der Waals surface area (Å²) >= 11 is 0. The molecular weight excluding hydrogens is 596 g/mol.